The molecule has 1 aromatic carbocycles. The molecule has 0 aliphatic rings. The van der Waals surface area contributed by atoms with Crippen molar-refractivity contribution >= 4 is 21.4 Å². The molecular weight excluding hydrogens is 352 g/mol. The van der Waals surface area contributed by atoms with Gasteiger partial charge in [-0.1, -0.05) is 12.1 Å². The summed E-state index contributed by atoms with van der Waals surface area (Å²) >= 11 is 3.30. The predicted octanol–water partition coefficient (Wildman–Crippen LogP) is 4.92. The third-order valence-electron chi connectivity index (χ3n) is 2.99. The minimum atomic E-state index is -4.44. The highest BCUT2D eigenvalue weighted by Crippen LogP contribution is 2.34. The Morgan fingerprint density at radius 1 is 1.10 bits per heavy atom. The van der Waals surface area contributed by atoms with Crippen LogP contribution < -0.4 is 0 Å². The van der Waals surface area contributed by atoms with Crippen LogP contribution in [0, 0.1) is 5.82 Å². The van der Waals surface area contributed by atoms with Gasteiger partial charge in [-0.2, -0.15) is 18.3 Å². The summed E-state index contributed by atoms with van der Waals surface area (Å²) in [6.07, 6.45) is -3.53. The zero-order valence-corrected chi connectivity index (χ0v) is 11.9. The average molecular weight is 359 g/mol. The maximum absolute atomic E-state index is 13.3. The van der Waals surface area contributed by atoms with Gasteiger partial charge in [0.15, 0.2) is 0 Å². The van der Waals surface area contributed by atoms with Crippen LogP contribution in [0.2, 0.25) is 0 Å². The monoisotopic (exact) mass is 358 g/mol. The van der Waals surface area contributed by atoms with Crippen LogP contribution >= 0.6 is 15.9 Å². The highest BCUT2D eigenvalue weighted by atomic mass is 79.9. The summed E-state index contributed by atoms with van der Waals surface area (Å²) in [7, 11) is 0. The molecule has 2 heterocycles. The molecule has 0 aliphatic heterocycles. The van der Waals surface area contributed by atoms with Crippen molar-refractivity contribution in [3.8, 4) is 11.3 Å². The van der Waals surface area contributed by atoms with Crippen LogP contribution in [0.15, 0.2) is 47.1 Å². The first kappa shape index (κ1) is 14.1. The smallest absolute Gasteiger partial charge is 0.239 e. The van der Waals surface area contributed by atoms with Gasteiger partial charge in [-0.25, -0.2) is 8.91 Å². The standard InChI is InChI=1S/C14H7BrF4N2/c15-12-11-5-4-9(14(17,18)19)7-21(11)20-13(12)8-2-1-3-10(16)6-8/h1-7H. The molecule has 21 heavy (non-hydrogen) atoms. The second-order valence-corrected chi connectivity index (χ2v) is 5.21. The van der Waals surface area contributed by atoms with Crippen molar-refractivity contribution in [2.45, 2.75) is 6.18 Å². The Bertz CT molecular complexity index is 823. The van der Waals surface area contributed by atoms with Crippen LogP contribution in [0.1, 0.15) is 5.56 Å². The largest absolute Gasteiger partial charge is 0.417 e. The van der Waals surface area contributed by atoms with E-state index in [9.17, 15) is 17.6 Å². The number of rotatable bonds is 1. The van der Waals surface area contributed by atoms with Crippen molar-refractivity contribution in [1.82, 2.24) is 9.61 Å². The fraction of sp³-hybridized carbons (Fsp3) is 0.0714. The highest BCUT2D eigenvalue weighted by molar-refractivity contribution is 9.10. The summed E-state index contributed by atoms with van der Waals surface area (Å²) in [5.41, 5.74) is 0.547. The molecule has 0 N–H and O–H groups in total. The second-order valence-electron chi connectivity index (χ2n) is 4.42. The average Bonchev–Trinajstić information content (AvgIpc) is 2.75. The molecule has 108 valence electrons. The van der Waals surface area contributed by atoms with Gasteiger partial charge in [0.2, 0.25) is 0 Å². The Morgan fingerprint density at radius 3 is 2.52 bits per heavy atom. The molecule has 0 saturated carbocycles. The van der Waals surface area contributed by atoms with Gasteiger partial charge in [0, 0.05) is 11.8 Å². The fourth-order valence-electron chi connectivity index (χ4n) is 2.01. The fourth-order valence-corrected chi connectivity index (χ4v) is 2.63. The quantitative estimate of drug-likeness (QED) is 0.564. The number of hydrogen-bond acceptors (Lipinski definition) is 1. The molecule has 0 atom stereocenters. The Hall–Kier alpha value is -1.89. The van der Waals surface area contributed by atoms with Crippen LogP contribution in [0.3, 0.4) is 0 Å². The molecule has 0 unspecified atom stereocenters. The maximum Gasteiger partial charge on any atom is 0.417 e. The molecule has 0 aliphatic carbocycles. The van der Waals surface area contributed by atoms with E-state index in [1.807, 2.05) is 0 Å². The van der Waals surface area contributed by atoms with Crippen molar-refractivity contribution in [3.05, 3.63) is 58.4 Å². The number of pyridine rings is 1. The summed E-state index contributed by atoms with van der Waals surface area (Å²) in [6.45, 7) is 0. The molecule has 2 nitrogen and oxygen atoms in total. The summed E-state index contributed by atoms with van der Waals surface area (Å²) in [5, 5.41) is 4.10. The summed E-state index contributed by atoms with van der Waals surface area (Å²) in [5.74, 6) is -0.438. The third-order valence-corrected chi connectivity index (χ3v) is 3.78. The van der Waals surface area contributed by atoms with Gasteiger partial charge in [0.1, 0.15) is 11.5 Å². The van der Waals surface area contributed by atoms with E-state index in [0.29, 0.717) is 21.2 Å². The molecule has 7 heteroatoms. The van der Waals surface area contributed by atoms with E-state index >= 15 is 0 Å². The van der Waals surface area contributed by atoms with Gasteiger partial charge in [0.25, 0.3) is 0 Å². The van der Waals surface area contributed by atoms with E-state index in [-0.39, 0.29) is 0 Å². The van der Waals surface area contributed by atoms with Crippen molar-refractivity contribution in [1.29, 1.82) is 0 Å². The molecule has 0 spiro atoms. The molecule has 3 rings (SSSR count). The minimum Gasteiger partial charge on any atom is -0.239 e. The zero-order valence-electron chi connectivity index (χ0n) is 10.3. The molecule has 3 aromatic rings. The molecular formula is C14H7BrF4N2. The lowest BCUT2D eigenvalue weighted by molar-refractivity contribution is -0.137. The minimum absolute atomic E-state index is 0.383. The predicted molar refractivity (Wildman–Crippen MR) is 73.3 cm³/mol. The first-order valence-electron chi connectivity index (χ1n) is 5.87. The highest BCUT2D eigenvalue weighted by Gasteiger charge is 2.31. The molecule has 0 fully saturated rings. The Balaban J connectivity index is 2.20. The molecule has 0 bridgehead atoms. The maximum atomic E-state index is 13.3. The first-order chi connectivity index (χ1) is 9.86. The van der Waals surface area contributed by atoms with E-state index in [1.165, 1.54) is 24.3 Å². The molecule has 2 aromatic heterocycles. The van der Waals surface area contributed by atoms with Crippen LogP contribution in [-0.4, -0.2) is 9.61 Å². The number of fused-ring (bicyclic) bond motifs is 1. The molecule has 0 radical (unpaired) electrons. The van der Waals surface area contributed by atoms with Crippen molar-refractivity contribution < 1.29 is 17.6 Å². The van der Waals surface area contributed by atoms with E-state index in [4.69, 9.17) is 0 Å². The summed E-state index contributed by atoms with van der Waals surface area (Å²) in [6, 6.07) is 8.02. The van der Waals surface area contributed by atoms with Crippen LogP contribution in [0.4, 0.5) is 17.6 Å². The molecule has 0 amide bonds. The lowest BCUT2D eigenvalue weighted by Gasteiger charge is -2.05. The van der Waals surface area contributed by atoms with Gasteiger partial charge >= 0.3 is 6.18 Å². The number of hydrogen-bond donors (Lipinski definition) is 0. The number of nitrogens with zero attached hydrogens (tertiary/aromatic N) is 2. The van der Waals surface area contributed by atoms with Gasteiger partial charge in [-0.05, 0) is 40.2 Å². The Kier molecular flexibility index (Phi) is 3.24. The molecule has 0 saturated heterocycles. The van der Waals surface area contributed by atoms with E-state index in [0.717, 1.165) is 16.8 Å². The van der Waals surface area contributed by atoms with E-state index in [1.54, 1.807) is 6.07 Å². The van der Waals surface area contributed by atoms with Crippen molar-refractivity contribution in [2.75, 3.05) is 0 Å². The van der Waals surface area contributed by atoms with Crippen molar-refractivity contribution in [3.63, 3.8) is 0 Å². The van der Waals surface area contributed by atoms with E-state index < -0.39 is 17.6 Å². The lowest BCUT2D eigenvalue weighted by Crippen LogP contribution is -2.06. The van der Waals surface area contributed by atoms with E-state index in [2.05, 4.69) is 21.0 Å². The topological polar surface area (TPSA) is 17.3 Å². The number of alkyl halides is 3. The normalized spacial score (nSPS) is 12.0. The Labute approximate surface area is 125 Å². The van der Waals surface area contributed by atoms with Crippen molar-refractivity contribution in [2.24, 2.45) is 0 Å². The SMILES string of the molecule is Fc1cccc(-c2nn3cc(C(F)(F)F)ccc3c2Br)c1. The third kappa shape index (κ3) is 2.53. The van der Waals surface area contributed by atoms with Crippen LogP contribution in [0.25, 0.3) is 16.8 Å². The van der Waals surface area contributed by atoms with Gasteiger partial charge in [-0.3, -0.25) is 0 Å². The van der Waals surface area contributed by atoms with Gasteiger partial charge in [0.05, 0.1) is 15.6 Å². The summed E-state index contributed by atoms with van der Waals surface area (Å²) < 4.78 is 53.0. The lowest BCUT2D eigenvalue weighted by atomic mass is 10.1. The zero-order chi connectivity index (χ0) is 15.2. The number of aromatic nitrogens is 2. The van der Waals surface area contributed by atoms with Gasteiger partial charge in [-0.15, -0.1) is 0 Å². The van der Waals surface area contributed by atoms with Crippen LogP contribution in [-0.2, 0) is 6.18 Å². The summed E-state index contributed by atoms with van der Waals surface area (Å²) in [4.78, 5) is 0. The first-order valence-corrected chi connectivity index (χ1v) is 6.66. The number of halogens is 5. The van der Waals surface area contributed by atoms with Crippen LogP contribution in [0.5, 0.6) is 0 Å². The van der Waals surface area contributed by atoms with Gasteiger partial charge < -0.3 is 0 Å². The number of benzene rings is 1. The second kappa shape index (κ2) is 4.84. The Morgan fingerprint density at radius 2 is 1.86 bits per heavy atom.